The highest BCUT2D eigenvalue weighted by molar-refractivity contribution is 7.92. The van der Waals surface area contributed by atoms with Crippen LogP contribution in [0.1, 0.15) is 11.5 Å². The standard InChI is InChI=1S/C17H14FNO3S/c18-13-6-4-5-12(9-13)15-16(17(15,10-19)11-20)23(21,22)14-7-2-1-3-8-14/h1-9,15-16,20H,11H2/t15-,16-,17+/m1/s1. The van der Waals surface area contributed by atoms with Gasteiger partial charge in [-0.3, -0.25) is 0 Å². The highest BCUT2D eigenvalue weighted by Crippen LogP contribution is 2.63. The fraction of sp³-hybridized carbons (Fsp3) is 0.235. The van der Waals surface area contributed by atoms with Crippen molar-refractivity contribution in [1.29, 1.82) is 5.26 Å². The molecule has 1 fully saturated rings. The van der Waals surface area contributed by atoms with Crippen LogP contribution in [0.2, 0.25) is 0 Å². The molecule has 23 heavy (non-hydrogen) atoms. The van der Waals surface area contributed by atoms with Crippen molar-refractivity contribution in [2.24, 2.45) is 5.41 Å². The minimum Gasteiger partial charge on any atom is -0.395 e. The number of nitrogens with zero attached hydrogens (tertiary/aromatic N) is 1. The van der Waals surface area contributed by atoms with Gasteiger partial charge in [0.15, 0.2) is 9.84 Å². The van der Waals surface area contributed by atoms with Gasteiger partial charge in [0, 0.05) is 5.92 Å². The minimum atomic E-state index is -3.81. The Bertz CT molecular complexity index is 876. The van der Waals surface area contributed by atoms with Gasteiger partial charge in [0.1, 0.15) is 11.2 Å². The number of aliphatic hydroxyl groups excluding tert-OH is 1. The predicted molar refractivity (Wildman–Crippen MR) is 81.7 cm³/mol. The van der Waals surface area contributed by atoms with E-state index in [1.165, 1.54) is 30.3 Å². The SMILES string of the molecule is N#C[C@]1(CO)[C@H](c2cccc(F)c2)[C@H]1S(=O)(=O)c1ccccc1. The van der Waals surface area contributed by atoms with Crippen molar-refractivity contribution in [1.82, 2.24) is 0 Å². The van der Waals surface area contributed by atoms with E-state index >= 15 is 0 Å². The molecule has 1 aliphatic rings. The maximum atomic E-state index is 13.5. The smallest absolute Gasteiger partial charge is 0.183 e. The molecule has 3 rings (SSSR count). The summed E-state index contributed by atoms with van der Waals surface area (Å²) in [5.74, 6) is -1.26. The van der Waals surface area contributed by atoms with Gasteiger partial charge in [0.05, 0.1) is 22.8 Å². The molecule has 4 nitrogen and oxygen atoms in total. The van der Waals surface area contributed by atoms with Gasteiger partial charge in [-0.1, -0.05) is 30.3 Å². The van der Waals surface area contributed by atoms with Crippen molar-refractivity contribution in [2.75, 3.05) is 6.61 Å². The van der Waals surface area contributed by atoms with Gasteiger partial charge >= 0.3 is 0 Å². The van der Waals surface area contributed by atoms with E-state index in [1.54, 1.807) is 24.3 Å². The molecule has 0 heterocycles. The number of sulfone groups is 1. The first kappa shape index (κ1) is 15.7. The van der Waals surface area contributed by atoms with E-state index in [4.69, 9.17) is 0 Å². The van der Waals surface area contributed by atoms with Crippen molar-refractivity contribution in [3.8, 4) is 6.07 Å². The van der Waals surface area contributed by atoms with Crippen LogP contribution >= 0.6 is 0 Å². The fourth-order valence-electron chi connectivity index (χ4n) is 3.15. The number of aliphatic hydroxyl groups is 1. The predicted octanol–water partition coefficient (Wildman–Crippen LogP) is 2.27. The van der Waals surface area contributed by atoms with Crippen LogP contribution in [0.25, 0.3) is 0 Å². The molecule has 3 atom stereocenters. The topological polar surface area (TPSA) is 78.2 Å². The lowest BCUT2D eigenvalue weighted by Crippen LogP contribution is -2.18. The summed E-state index contributed by atoms with van der Waals surface area (Å²) in [5.41, 5.74) is -1.03. The summed E-state index contributed by atoms with van der Waals surface area (Å²) in [5, 5.41) is 18.0. The number of hydrogen-bond donors (Lipinski definition) is 1. The Morgan fingerprint density at radius 2 is 1.87 bits per heavy atom. The summed E-state index contributed by atoms with van der Waals surface area (Å²) < 4.78 is 39.1. The van der Waals surface area contributed by atoms with E-state index in [0.717, 1.165) is 0 Å². The molecule has 0 aromatic heterocycles. The Balaban J connectivity index is 2.10. The molecule has 0 radical (unpaired) electrons. The Morgan fingerprint density at radius 3 is 2.43 bits per heavy atom. The third kappa shape index (κ3) is 2.33. The first-order chi connectivity index (χ1) is 11.0. The van der Waals surface area contributed by atoms with Crippen molar-refractivity contribution in [3.05, 3.63) is 66.0 Å². The Morgan fingerprint density at radius 1 is 1.17 bits per heavy atom. The molecule has 6 heteroatoms. The molecule has 0 spiro atoms. The van der Waals surface area contributed by atoms with Crippen molar-refractivity contribution in [3.63, 3.8) is 0 Å². The lowest BCUT2D eigenvalue weighted by Gasteiger charge is -2.05. The molecule has 0 bridgehead atoms. The highest BCUT2D eigenvalue weighted by Gasteiger charge is 2.72. The van der Waals surface area contributed by atoms with Crippen LogP contribution in [0.5, 0.6) is 0 Å². The zero-order valence-electron chi connectivity index (χ0n) is 12.1. The van der Waals surface area contributed by atoms with E-state index in [9.17, 15) is 23.2 Å². The first-order valence-corrected chi connectivity index (χ1v) is 8.58. The number of hydrogen-bond acceptors (Lipinski definition) is 4. The highest BCUT2D eigenvalue weighted by atomic mass is 32.2. The van der Waals surface area contributed by atoms with Gasteiger partial charge < -0.3 is 5.11 Å². The van der Waals surface area contributed by atoms with Gasteiger partial charge in [-0.05, 0) is 29.8 Å². The van der Waals surface area contributed by atoms with Gasteiger partial charge in [-0.2, -0.15) is 5.26 Å². The average molecular weight is 331 g/mol. The lowest BCUT2D eigenvalue weighted by molar-refractivity contribution is 0.242. The number of nitriles is 1. The maximum Gasteiger partial charge on any atom is 0.183 e. The summed E-state index contributed by atoms with van der Waals surface area (Å²) in [6.07, 6.45) is 0. The normalized spacial score (nSPS) is 26.5. The van der Waals surface area contributed by atoms with Crippen LogP contribution in [0.3, 0.4) is 0 Å². The fourth-order valence-corrected chi connectivity index (χ4v) is 5.48. The molecule has 0 saturated heterocycles. The summed E-state index contributed by atoms with van der Waals surface area (Å²) in [6, 6.07) is 15.3. The van der Waals surface area contributed by atoms with Crippen LogP contribution in [0.4, 0.5) is 4.39 Å². The lowest BCUT2D eigenvalue weighted by atomic mass is 10.0. The molecule has 118 valence electrons. The number of benzene rings is 2. The third-order valence-corrected chi connectivity index (χ3v) is 6.63. The van der Waals surface area contributed by atoms with Crippen LogP contribution < -0.4 is 0 Å². The van der Waals surface area contributed by atoms with Crippen molar-refractivity contribution >= 4 is 9.84 Å². The molecule has 1 N–H and O–H groups in total. The molecule has 1 saturated carbocycles. The van der Waals surface area contributed by atoms with E-state index in [2.05, 4.69) is 0 Å². The van der Waals surface area contributed by atoms with Crippen LogP contribution in [-0.4, -0.2) is 25.4 Å². The minimum absolute atomic E-state index is 0.0944. The first-order valence-electron chi connectivity index (χ1n) is 7.04. The quantitative estimate of drug-likeness (QED) is 0.932. The number of halogens is 1. The molecular weight excluding hydrogens is 317 g/mol. The van der Waals surface area contributed by atoms with Gasteiger partial charge in [0.25, 0.3) is 0 Å². The molecule has 2 aromatic rings. The van der Waals surface area contributed by atoms with Gasteiger partial charge in [-0.15, -0.1) is 0 Å². The van der Waals surface area contributed by atoms with Gasteiger partial charge in [0.2, 0.25) is 0 Å². The molecule has 1 aliphatic carbocycles. The van der Waals surface area contributed by atoms with Crippen molar-refractivity contribution in [2.45, 2.75) is 16.1 Å². The number of rotatable bonds is 4. The van der Waals surface area contributed by atoms with Crippen LogP contribution in [0, 0.1) is 22.6 Å². The Kier molecular flexibility index (Phi) is 3.71. The molecule has 0 unspecified atom stereocenters. The maximum absolute atomic E-state index is 13.5. The van der Waals surface area contributed by atoms with E-state index in [0.29, 0.717) is 5.56 Å². The summed E-state index contributed by atoms with van der Waals surface area (Å²) in [6.45, 7) is -0.596. The van der Waals surface area contributed by atoms with E-state index < -0.39 is 38.8 Å². The molecule has 0 amide bonds. The average Bonchev–Trinajstić information content (AvgIpc) is 3.26. The zero-order chi connectivity index (χ0) is 16.7. The monoisotopic (exact) mass is 331 g/mol. The molecule has 2 aromatic carbocycles. The van der Waals surface area contributed by atoms with Crippen LogP contribution in [-0.2, 0) is 9.84 Å². The third-order valence-electron chi connectivity index (χ3n) is 4.34. The Hall–Kier alpha value is -2.23. The molecule has 0 aliphatic heterocycles. The second-order valence-electron chi connectivity index (χ2n) is 5.62. The summed E-state index contributed by atoms with van der Waals surface area (Å²) in [7, 11) is -3.81. The van der Waals surface area contributed by atoms with E-state index in [1.807, 2.05) is 6.07 Å². The second kappa shape index (κ2) is 5.44. The van der Waals surface area contributed by atoms with Crippen molar-refractivity contribution < 1.29 is 17.9 Å². The Labute approximate surface area is 133 Å². The second-order valence-corrected chi connectivity index (χ2v) is 7.69. The summed E-state index contributed by atoms with van der Waals surface area (Å²) >= 11 is 0. The molecular formula is C17H14FNO3S. The van der Waals surface area contributed by atoms with E-state index in [-0.39, 0.29) is 4.90 Å². The summed E-state index contributed by atoms with van der Waals surface area (Å²) in [4.78, 5) is 0.0944. The van der Waals surface area contributed by atoms with Crippen LogP contribution in [0.15, 0.2) is 59.5 Å². The van der Waals surface area contributed by atoms with Gasteiger partial charge in [-0.25, -0.2) is 12.8 Å². The zero-order valence-corrected chi connectivity index (χ0v) is 12.9. The largest absolute Gasteiger partial charge is 0.395 e.